The van der Waals surface area contributed by atoms with Crippen molar-refractivity contribution < 1.29 is 48.2 Å². The van der Waals surface area contributed by atoms with Gasteiger partial charge in [-0.25, -0.2) is 0 Å². The number of nitrogens with zero attached hydrogens (tertiary/aromatic N) is 2. The molecule has 4 unspecified atom stereocenters. The monoisotopic (exact) mass is 1310 g/mol. The number of benzene rings is 2. The lowest BCUT2D eigenvalue weighted by Gasteiger charge is -2.20. The Morgan fingerprint density at radius 1 is 0.638 bits per heavy atom. The van der Waals surface area contributed by atoms with Gasteiger partial charge in [0, 0.05) is 101 Å². The zero-order valence-electron chi connectivity index (χ0n) is 56.3. The minimum absolute atomic E-state index is 0.111. The van der Waals surface area contributed by atoms with E-state index in [-0.39, 0.29) is 47.5 Å². The first-order chi connectivity index (χ1) is 45.2. The van der Waals surface area contributed by atoms with Gasteiger partial charge in [-0.15, -0.1) is 23.5 Å². The van der Waals surface area contributed by atoms with Crippen molar-refractivity contribution in [2.45, 2.75) is 159 Å². The number of H-pyrrole nitrogens is 2. The number of aliphatic hydroxyl groups is 2. The van der Waals surface area contributed by atoms with Crippen molar-refractivity contribution in [3.05, 3.63) is 159 Å². The molecule has 0 saturated carbocycles. The van der Waals surface area contributed by atoms with E-state index in [9.17, 15) is 29.4 Å². The number of carbonyl (C=O) groups is 2. The molecule has 5 heterocycles. The summed E-state index contributed by atoms with van der Waals surface area (Å²) < 4.78 is 35.4. The highest BCUT2D eigenvalue weighted by Gasteiger charge is 2.37. The second-order valence-electron chi connectivity index (χ2n) is 25.1. The van der Waals surface area contributed by atoms with Crippen molar-refractivity contribution in [1.29, 1.82) is 0 Å². The number of aliphatic hydroxyl groups excluding tert-OH is 2. The highest BCUT2D eigenvalue weighted by atomic mass is 32.2. The molecular formula is C74H86N6O12S2. The first-order valence-corrected chi connectivity index (χ1v) is 34.6. The van der Waals surface area contributed by atoms with Crippen molar-refractivity contribution in [3.8, 4) is 56.8 Å². The van der Waals surface area contributed by atoms with Crippen LogP contribution >= 0.6 is 23.5 Å². The van der Waals surface area contributed by atoms with Crippen LogP contribution in [0.5, 0.6) is 34.5 Å². The third-order valence-electron chi connectivity index (χ3n) is 19.9. The number of allylic oxidation sites excluding steroid dienone is 2. The molecule has 6 atom stereocenters. The number of methoxy groups -OCH3 is 6. The van der Waals surface area contributed by atoms with Gasteiger partial charge in [-0.1, -0.05) is 19.1 Å². The molecule has 496 valence electrons. The van der Waals surface area contributed by atoms with E-state index >= 15 is 0 Å². The summed E-state index contributed by atoms with van der Waals surface area (Å²) in [6.45, 7) is 11.9. The molecule has 2 aromatic heterocycles. The molecule has 0 radical (unpaired) electrons. The standard InChI is InChI=1S/C74H86N6O12S2/c1-35-43(19-25-65(85)79-49-21-15-41-27-61(87-7)71(89-9)73(91-11)69(41)45-17-23-63(93-13)59(83)29-47(45)49)55-34-56-44(36(2)52(76-56)32-57-68(40(6)82)38(4)54(78-57)33-58-67(39(5)81)37(3)53(77-58)31-51(35)75-55)20-26-66(86)80-50-22-16-42-28-62(88-8)72(90-10)74(92-12)70(42)46-18-24-64(94-14)60(84)30-48(46)50/h17-18,23-24,27-30,38-40,49-51,76-77,81-82H,15-16,19-22,25-26,31-34H2,1-14H3,(H,79,85)(H,80,86)/t38?,39?,40?,49-,50-,51?/m0/s1. The number of rotatable bonds is 18. The van der Waals surface area contributed by atoms with Crippen molar-refractivity contribution in [2.75, 3.05) is 55.2 Å². The number of thioether (sulfide) groups is 2. The number of hydrogen-bond donors (Lipinski definition) is 6. The van der Waals surface area contributed by atoms with E-state index in [0.717, 1.165) is 112 Å². The number of aromatic amines is 2. The third-order valence-corrected chi connectivity index (χ3v) is 21.5. The number of aromatic nitrogens is 2. The molecule has 3 aliphatic heterocycles. The highest BCUT2D eigenvalue weighted by Crippen LogP contribution is 2.52. The van der Waals surface area contributed by atoms with E-state index in [0.29, 0.717) is 120 Å². The summed E-state index contributed by atoms with van der Waals surface area (Å²) in [5.41, 5.74) is 18.6. The molecule has 11 rings (SSSR count). The van der Waals surface area contributed by atoms with Crippen molar-refractivity contribution in [3.63, 3.8) is 0 Å². The van der Waals surface area contributed by atoms with Gasteiger partial charge in [0.25, 0.3) is 0 Å². The number of nitrogens with one attached hydrogen (secondary N) is 4. The minimum Gasteiger partial charge on any atom is -0.493 e. The van der Waals surface area contributed by atoms with Crippen LogP contribution in [0.3, 0.4) is 0 Å². The van der Waals surface area contributed by atoms with Crippen LogP contribution in [0.1, 0.15) is 145 Å². The summed E-state index contributed by atoms with van der Waals surface area (Å²) >= 11 is 2.73. The number of carbonyl (C=O) groups excluding carboxylic acids is 2. The van der Waals surface area contributed by atoms with Gasteiger partial charge in [-0.05, 0) is 189 Å². The number of hydrogen-bond acceptors (Lipinski definition) is 16. The summed E-state index contributed by atoms with van der Waals surface area (Å²) in [7, 11) is 9.46. The van der Waals surface area contributed by atoms with Crippen LogP contribution < -0.4 is 49.9 Å². The maximum atomic E-state index is 14.9. The van der Waals surface area contributed by atoms with Gasteiger partial charge in [0.2, 0.25) is 23.3 Å². The molecule has 18 nitrogen and oxygen atoms in total. The van der Waals surface area contributed by atoms with Crippen molar-refractivity contribution >= 4 is 46.8 Å². The Balaban J connectivity index is 0.943. The summed E-state index contributed by atoms with van der Waals surface area (Å²) in [6, 6.07) is 13.3. The van der Waals surface area contributed by atoms with Gasteiger partial charge in [-0.3, -0.25) is 29.2 Å². The Hall–Kier alpha value is -8.04. The molecule has 0 saturated heterocycles. The van der Waals surface area contributed by atoms with Gasteiger partial charge < -0.3 is 59.2 Å². The fourth-order valence-corrected chi connectivity index (χ4v) is 16.1. The molecule has 0 spiro atoms. The molecule has 5 aliphatic rings. The summed E-state index contributed by atoms with van der Waals surface area (Å²) in [4.78, 5) is 77.2. The van der Waals surface area contributed by atoms with Crippen molar-refractivity contribution in [1.82, 2.24) is 20.6 Å². The van der Waals surface area contributed by atoms with Crippen LogP contribution in [0.25, 0.3) is 22.3 Å². The fraction of sp³-hybridized carbons (Fsp3) is 0.432. The third kappa shape index (κ3) is 12.6. The van der Waals surface area contributed by atoms with Crippen LogP contribution in [-0.4, -0.2) is 111 Å². The van der Waals surface area contributed by atoms with Crippen LogP contribution in [0.15, 0.2) is 100 Å². The Morgan fingerprint density at radius 3 is 1.65 bits per heavy atom. The maximum absolute atomic E-state index is 14.9. The van der Waals surface area contributed by atoms with E-state index in [4.69, 9.17) is 38.4 Å². The van der Waals surface area contributed by atoms with E-state index in [1.807, 2.05) is 55.8 Å². The Kier molecular flexibility index (Phi) is 20.2. The predicted molar refractivity (Wildman–Crippen MR) is 371 cm³/mol. The number of fused-ring (bicyclic) bond motifs is 12. The molecule has 94 heavy (non-hydrogen) atoms. The predicted octanol–water partition coefficient (Wildman–Crippen LogP) is 11.6. The second kappa shape index (κ2) is 28.1. The molecule has 8 bridgehead atoms. The quantitative estimate of drug-likeness (QED) is 0.0439. The summed E-state index contributed by atoms with van der Waals surface area (Å²) in [6.07, 6.45) is 6.85. The van der Waals surface area contributed by atoms with Crippen LogP contribution in [-0.2, 0) is 54.5 Å². The lowest BCUT2D eigenvalue weighted by atomic mass is 9.89. The van der Waals surface area contributed by atoms with E-state index in [1.165, 1.54) is 23.5 Å². The number of ether oxygens (including phenoxy) is 6. The number of aryl methyl sites for hydroxylation is 2. The topological polar surface area (TPSA) is 244 Å². The zero-order chi connectivity index (χ0) is 67.1. The maximum Gasteiger partial charge on any atom is 0.220 e. The fourth-order valence-electron chi connectivity index (χ4n) is 15.2. The highest BCUT2D eigenvalue weighted by molar-refractivity contribution is 7.98. The lowest BCUT2D eigenvalue weighted by Crippen LogP contribution is -2.29. The Morgan fingerprint density at radius 2 is 1.16 bits per heavy atom. The average Bonchev–Trinajstić information content (AvgIpc) is 1.54. The first-order valence-electron chi connectivity index (χ1n) is 32.2. The van der Waals surface area contributed by atoms with Gasteiger partial charge >= 0.3 is 0 Å². The van der Waals surface area contributed by atoms with Crippen LogP contribution in [0, 0.1) is 19.8 Å². The van der Waals surface area contributed by atoms with E-state index in [2.05, 4.69) is 41.4 Å². The molecule has 6 aromatic rings. The van der Waals surface area contributed by atoms with Gasteiger partial charge in [0.1, 0.15) is 0 Å². The number of amides is 2. The number of aliphatic imine (C=N–C) groups is 2. The molecular weight excluding hydrogens is 1230 g/mol. The SMILES string of the molecule is COc1cc2c(c(OC)c1OC)-c1ccc(SC)c(=O)cc1[C@@H](NC(=O)CCC1=C(C)C3Cc4[nH]c(c(C(C)O)c4C)CC4=NC(=C(C(C)O)C4C)Cc4[nH]c(c(CCC(=O)N[C@H]5CCc6cc(OC)c(OC)c(OC)c6-c6ccc(SC)c(=O)cc65)c4C)CC1=N3)CC2. The molecule has 2 aliphatic carbocycles. The van der Waals surface area contributed by atoms with Crippen LogP contribution in [0.2, 0.25) is 0 Å². The van der Waals surface area contributed by atoms with Crippen LogP contribution in [0.4, 0.5) is 0 Å². The second-order valence-corrected chi connectivity index (χ2v) is 26.8. The molecule has 4 aromatic carbocycles. The largest absolute Gasteiger partial charge is 0.493 e. The molecule has 2 amide bonds. The smallest absolute Gasteiger partial charge is 0.220 e. The van der Waals surface area contributed by atoms with Gasteiger partial charge in [0.15, 0.2) is 33.9 Å². The van der Waals surface area contributed by atoms with Crippen molar-refractivity contribution in [2.24, 2.45) is 15.9 Å². The molecule has 0 fully saturated rings. The molecule has 6 N–H and O–H groups in total. The molecule has 20 heteroatoms. The Labute approximate surface area is 557 Å². The van der Waals surface area contributed by atoms with E-state index in [1.54, 1.807) is 68.6 Å². The normalized spacial score (nSPS) is 18.7. The summed E-state index contributed by atoms with van der Waals surface area (Å²) in [5.74, 6) is 2.27. The Bertz CT molecular complexity index is 4290. The van der Waals surface area contributed by atoms with Gasteiger partial charge in [0.05, 0.1) is 82.8 Å². The van der Waals surface area contributed by atoms with E-state index < -0.39 is 24.3 Å². The first kappa shape index (κ1) is 67.4. The zero-order valence-corrected chi connectivity index (χ0v) is 57.9. The lowest BCUT2D eigenvalue weighted by molar-refractivity contribution is -0.122. The average molecular weight is 1320 g/mol. The summed E-state index contributed by atoms with van der Waals surface area (Å²) in [5, 5.41) is 29.7. The minimum atomic E-state index is -0.786. The van der Waals surface area contributed by atoms with Gasteiger partial charge in [-0.2, -0.15) is 0 Å².